The van der Waals surface area contributed by atoms with E-state index in [-0.39, 0.29) is 0 Å². The Kier molecular flexibility index (Phi) is 3.79. The van der Waals surface area contributed by atoms with Crippen LogP contribution in [0.25, 0.3) is 16.2 Å². The molecule has 0 aliphatic carbocycles. The summed E-state index contributed by atoms with van der Waals surface area (Å²) in [7, 11) is 0. The molecule has 0 atom stereocenters. The van der Waals surface area contributed by atoms with Crippen LogP contribution >= 0.6 is 27.3 Å². The predicted molar refractivity (Wildman–Crippen MR) is 100 cm³/mol. The van der Waals surface area contributed by atoms with Crippen LogP contribution < -0.4 is 0 Å². The molecule has 0 fully saturated rings. The fraction of sp³-hybridized carbons (Fsp3) is 0.105. The molecule has 2 aromatic carbocycles. The monoisotopic (exact) mass is 382 g/mol. The van der Waals surface area contributed by atoms with Gasteiger partial charge in [-0.3, -0.25) is 4.40 Å². The van der Waals surface area contributed by atoms with E-state index in [0.717, 1.165) is 27.1 Å². The summed E-state index contributed by atoms with van der Waals surface area (Å²) in [5.74, 6) is 0. The van der Waals surface area contributed by atoms with Crippen molar-refractivity contribution in [2.75, 3.05) is 0 Å². The average molecular weight is 383 g/mol. The molecule has 23 heavy (non-hydrogen) atoms. The number of nitrogens with zero attached hydrogens (tertiary/aromatic N) is 2. The molecule has 0 saturated carbocycles. The fourth-order valence-corrected chi connectivity index (χ4v) is 3.97. The van der Waals surface area contributed by atoms with E-state index in [0.29, 0.717) is 0 Å². The number of hydrogen-bond acceptors (Lipinski definition) is 2. The van der Waals surface area contributed by atoms with Crippen LogP contribution in [-0.4, -0.2) is 9.38 Å². The van der Waals surface area contributed by atoms with Crippen molar-refractivity contribution in [3.8, 4) is 11.3 Å². The molecule has 0 amide bonds. The lowest BCUT2D eigenvalue weighted by molar-refractivity contribution is 1.16. The highest BCUT2D eigenvalue weighted by Gasteiger charge is 2.09. The van der Waals surface area contributed by atoms with Crippen LogP contribution in [0.1, 0.15) is 16.0 Å². The van der Waals surface area contributed by atoms with Crippen molar-refractivity contribution in [3.05, 3.63) is 81.4 Å². The van der Waals surface area contributed by atoms with E-state index in [2.05, 4.69) is 76.0 Å². The first-order valence-corrected chi connectivity index (χ1v) is 9.07. The van der Waals surface area contributed by atoms with Crippen molar-refractivity contribution in [1.82, 2.24) is 9.38 Å². The first-order valence-electron chi connectivity index (χ1n) is 7.46. The van der Waals surface area contributed by atoms with Gasteiger partial charge in [0.25, 0.3) is 0 Å². The van der Waals surface area contributed by atoms with Crippen LogP contribution in [0.4, 0.5) is 0 Å². The second kappa shape index (κ2) is 5.95. The molecule has 4 heteroatoms. The first kappa shape index (κ1) is 14.7. The Bertz CT molecular complexity index is 935. The van der Waals surface area contributed by atoms with Gasteiger partial charge in [-0.15, -0.1) is 11.3 Å². The van der Waals surface area contributed by atoms with Crippen LogP contribution in [0.5, 0.6) is 0 Å². The summed E-state index contributed by atoms with van der Waals surface area (Å²) in [4.78, 5) is 7.14. The minimum atomic E-state index is 0.962. The van der Waals surface area contributed by atoms with E-state index in [9.17, 15) is 0 Å². The number of benzene rings is 2. The quantitative estimate of drug-likeness (QED) is 0.442. The van der Waals surface area contributed by atoms with Gasteiger partial charge < -0.3 is 0 Å². The Labute approximate surface area is 147 Å². The number of rotatable bonds is 3. The Morgan fingerprint density at radius 2 is 1.91 bits per heavy atom. The molecule has 0 saturated heterocycles. The van der Waals surface area contributed by atoms with Crippen molar-refractivity contribution in [1.29, 1.82) is 0 Å². The van der Waals surface area contributed by atoms with Crippen molar-refractivity contribution in [2.45, 2.75) is 13.3 Å². The van der Waals surface area contributed by atoms with Crippen LogP contribution in [-0.2, 0) is 6.42 Å². The first-order chi connectivity index (χ1) is 11.2. The third-order valence-corrected chi connectivity index (χ3v) is 5.33. The van der Waals surface area contributed by atoms with Gasteiger partial charge in [0.1, 0.15) is 0 Å². The van der Waals surface area contributed by atoms with Crippen LogP contribution in [0, 0.1) is 6.92 Å². The van der Waals surface area contributed by atoms with Gasteiger partial charge in [0.2, 0.25) is 0 Å². The zero-order valence-corrected chi connectivity index (χ0v) is 15.1. The van der Waals surface area contributed by atoms with Crippen LogP contribution in [0.2, 0.25) is 0 Å². The summed E-state index contributed by atoms with van der Waals surface area (Å²) in [6.07, 6.45) is 5.26. The van der Waals surface area contributed by atoms with Crippen molar-refractivity contribution < 1.29 is 0 Å². The minimum Gasteiger partial charge on any atom is -0.297 e. The fourth-order valence-electron chi connectivity index (χ4n) is 2.71. The molecule has 2 nitrogen and oxygen atoms in total. The largest absolute Gasteiger partial charge is 0.297 e. The molecule has 0 aliphatic rings. The third-order valence-electron chi connectivity index (χ3n) is 3.80. The summed E-state index contributed by atoms with van der Waals surface area (Å²) < 4.78 is 3.22. The predicted octanol–water partition coefficient (Wildman–Crippen LogP) is 5.72. The molecule has 2 heterocycles. The molecule has 0 N–H and O–H groups in total. The molecule has 0 aliphatic heterocycles. The van der Waals surface area contributed by atoms with E-state index in [1.54, 1.807) is 11.3 Å². The van der Waals surface area contributed by atoms with Crippen LogP contribution in [0.15, 0.2) is 65.4 Å². The summed E-state index contributed by atoms with van der Waals surface area (Å²) in [6, 6.07) is 17.0. The summed E-state index contributed by atoms with van der Waals surface area (Å²) in [5, 5.41) is 0. The van der Waals surface area contributed by atoms with Gasteiger partial charge in [0.05, 0.1) is 5.69 Å². The molecule has 0 radical (unpaired) electrons. The smallest absolute Gasteiger partial charge is 0.194 e. The molecular weight excluding hydrogens is 368 g/mol. The normalized spacial score (nSPS) is 11.2. The van der Waals surface area contributed by atoms with E-state index in [1.807, 2.05) is 12.1 Å². The number of aromatic nitrogens is 2. The van der Waals surface area contributed by atoms with E-state index in [1.165, 1.54) is 16.0 Å². The molecule has 0 bridgehead atoms. The maximum absolute atomic E-state index is 4.76. The van der Waals surface area contributed by atoms with Gasteiger partial charge in [0, 0.05) is 33.7 Å². The third kappa shape index (κ3) is 3.09. The standard InChI is InChI=1S/C19H15BrN2S/c1-13-3-2-4-14(9-13)10-17-11-22-12-18(21-19(22)23-17)15-5-7-16(20)8-6-15/h2-9,11-12H,10H2,1H3. The highest BCUT2D eigenvalue weighted by molar-refractivity contribution is 9.10. The highest BCUT2D eigenvalue weighted by atomic mass is 79.9. The molecule has 4 rings (SSSR count). The molecule has 0 spiro atoms. The molecule has 0 unspecified atom stereocenters. The maximum Gasteiger partial charge on any atom is 0.194 e. The second-order valence-electron chi connectivity index (χ2n) is 5.69. The lowest BCUT2D eigenvalue weighted by atomic mass is 10.1. The average Bonchev–Trinajstić information content (AvgIpc) is 3.06. The Morgan fingerprint density at radius 3 is 2.65 bits per heavy atom. The summed E-state index contributed by atoms with van der Waals surface area (Å²) >= 11 is 5.23. The van der Waals surface area contributed by atoms with E-state index >= 15 is 0 Å². The van der Waals surface area contributed by atoms with Gasteiger partial charge >= 0.3 is 0 Å². The minimum absolute atomic E-state index is 0.962. The topological polar surface area (TPSA) is 17.3 Å². The van der Waals surface area contributed by atoms with Gasteiger partial charge in [-0.25, -0.2) is 4.98 Å². The Balaban J connectivity index is 1.62. The Morgan fingerprint density at radius 1 is 1.09 bits per heavy atom. The number of aryl methyl sites for hydroxylation is 1. The van der Waals surface area contributed by atoms with Crippen molar-refractivity contribution >= 4 is 32.2 Å². The summed E-state index contributed by atoms with van der Waals surface area (Å²) in [5.41, 5.74) is 4.82. The van der Waals surface area contributed by atoms with Crippen molar-refractivity contribution in [2.24, 2.45) is 0 Å². The molecular formula is C19H15BrN2S. The molecule has 114 valence electrons. The summed E-state index contributed by atoms with van der Waals surface area (Å²) in [6.45, 7) is 2.13. The number of fused-ring (bicyclic) bond motifs is 1. The van der Waals surface area contributed by atoms with Gasteiger partial charge in [-0.1, -0.05) is 57.9 Å². The number of halogens is 1. The van der Waals surface area contributed by atoms with E-state index in [4.69, 9.17) is 4.98 Å². The van der Waals surface area contributed by atoms with Crippen molar-refractivity contribution in [3.63, 3.8) is 0 Å². The Hall–Kier alpha value is -1.91. The van der Waals surface area contributed by atoms with Gasteiger partial charge in [0.15, 0.2) is 4.96 Å². The van der Waals surface area contributed by atoms with E-state index < -0.39 is 0 Å². The lowest BCUT2D eigenvalue weighted by Gasteiger charge is -1.99. The zero-order chi connectivity index (χ0) is 15.8. The SMILES string of the molecule is Cc1cccc(Cc2cn3cc(-c4ccc(Br)cc4)nc3s2)c1. The van der Waals surface area contributed by atoms with Gasteiger partial charge in [-0.05, 0) is 24.6 Å². The number of thiazole rings is 1. The second-order valence-corrected chi connectivity index (χ2v) is 7.70. The molecule has 2 aromatic heterocycles. The number of hydrogen-bond donors (Lipinski definition) is 0. The van der Waals surface area contributed by atoms with Crippen LogP contribution in [0.3, 0.4) is 0 Å². The highest BCUT2D eigenvalue weighted by Crippen LogP contribution is 2.26. The zero-order valence-electron chi connectivity index (χ0n) is 12.7. The maximum atomic E-state index is 4.76. The number of imidazole rings is 1. The van der Waals surface area contributed by atoms with Gasteiger partial charge in [-0.2, -0.15) is 0 Å². The molecule has 4 aromatic rings. The lowest BCUT2D eigenvalue weighted by Crippen LogP contribution is -1.85.